The van der Waals surface area contributed by atoms with E-state index in [0.717, 1.165) is 12.8 Å². The van der Waals surface area contributed by atoms with E-state index >= 15 is 0 Å². The van der Waals surface area contributed by atoms with Crippen molar-refractivity contribution in [1.82, 2.24) is 5.32 Å². The van der Waals surface area contributed by atoms with Crippen LogP contribution in [0.3, 0.4) is 0 Å². The van der Waals surface area contributed by atoms with Gasteiger partial charge in [-0.1, -0.05) is 18.2 Å². The molecule has 2 aromatic carbocycles. The van der Waals surface area contributed by atoms with Crippen LogP contribution in [0.1, 0.15) is 39.1 Å². The quantitative estimate of drug-likeness (QED) is 0.645. The fraction of sp³-hybridized carbons (Fsp3) is 0.222. The molecule has 25 heavy (non-hydrogen) atoms. The van der Waals surface area contributed by atoms with Crippen LogP contribution in [-0.2, 0) is 0 Å². The maximum absolute atomic E-state index is 12.4. The number of aryl methyl sites for hydroxylation is 1. The average molecular weight is 339 g/mol. The monoisotopic (exact) mass is 339 g/mol. The normalized spacial score (nSPS) is 13.2. The zero-order valence-electron chi connectivity index (χ0n) is 13.6. The second-order valence-corrected chi connectivity index (χ2v) is 6.01. The molecule has 0 bridgehead atoms. The molecule has 2 aromatic rings. The maximum atomic E-state index is 12.4. The van der Waals surface area contributed by atoms with Crippen LogP contribution in [0.5, 0.6) is 0 Å². The molecule has 0 spiro atoms. The van der Waals surface area contributed by atoms with E-state index in [1.807, 2.05) is 0 Å². The van der Waals surface area contributed by atoms with Gasteiger partial charge in [0.15, 0.2) is 0 Å². The number of carbonyl (C=O) groups excluding carboxylic acids is 2. The summed E-state index contributed by atoms with van der Waals surface area (Å²) in [6.45, 7) is 1.58. The number of nitrogens with one attached hydrogen (secondary N) is 2. The van der Waals surface area contributed by atoms with Crippen LogP contribution in [-0.4, -0.2) is 22.8 Å². The highest BCUT2D eigenvalue weighted by Gasteiger charge is 2.24. The van der Waals surface area contributed by atoms with E-state index in [2.05, 4.69) is 10.6 Å². The Morgan fingerprint density at radius 1 is 1.12 bits per heavy atom. The van der Waals surface area contributed by atoms with Crippen molar-refractivity contribution >= 4 is 23.2 Å². The third-order valence-corrected chi connectivity index (χ3v) is 3.96. The highest BCUT2D eigenvalue weighted by atomic mass is 16.6. The molecule has 7 nitrogen and oxygen atoms in total. The number of nitro groups is 1. The lowest BCUT2D eigenvalue weighted by Crippen LogP contribution is -2.25. The molecule has 0 atom stereocenters. The van der Waals surface area contributed by atoms with Gasteiger partial charge in [0.05, 0.1) is 4.92 Å². The molecule has 2 amide bonds. The molecule has 0 unspecified atom stereocenters. The van der Waals surface area contributed by atoms with Gasteiger partial charge >= 0.3 is 0 Å². The first-order chi connectivity index (χ1) is 12.0. The summed E-state index contributed by atoms with van der Waals surface area (Å²) in [6, 6.07) is 11.3. The molecule has 0 heterocycles. The second kappa shape index (κ2) is 6.72. The first kappa shape index (κ1) is 16.6. The van der Waals surface area contributed by atoms with Gasteiger partial charge in [-0.3, -0.25) is 19.7 Å². The molecule has 0 radical (unpaired) electrons. The highest BCUT2D eigenvalue weighted by molar-refractivity contribution is 6.08. The summed E-state index contributed by atoms with van der Waals surface area (Å²) in [5.74, 6) is -0.782. The Hall–Kier alpha value is -3.22. The third-order valence-electron chi connectivity index (χ3n) is 3.96. The Balaban J connectivity index is 1.81. The molecule has 128 valence electrons. The zero-order valence-corrected chi connectivity index (χ0v) is 13.6. The molecule has 0 saturated heterocycles. The van der Waals surface area contributed by atoms with Crippen LogP contribution in [0.2, 0.25) is 0 Å². The number of anilines is 1. The van der Waals surface area contributed by atoms with E-state index in [1.165, 1.54) is 6.07 Å². The Labute approximate surface area is 144 Å². The molecule has 7 heteroatoms. The third kappa shape index (κ3) is 3.82. The van der Waals surface area contributed by atoms with Crippen molar-refractivity contribution in [2.24, 2.45) is 0 Å². The van der Waals surface area contributed by atoms with Gasteiger partial charge in [0.2, 0.25) is 0 Å². The van der Waals surface area contributed by atoms with Crippen LogP contribution in [0.4, 0.5) is 11.4 Å². The number of rotatable bonds is 5. The van der Waals surface area contributed by atoms with Crippen LogP contribution in [0.15, 0.2) is 42.5 Å². The topological polar surface area (TPSA) is 101 Å². The van der Waals surface area contributed by atoms with Crippen LogP contribution >= 0.6 is 0 Å². The average Bonchev–Trinajstić information content (AvgIpc) is 3.38. The van der Waals surface area contributed by atoms with Gasteiger partial charge in [-0.25, -0.2) is 0 Å². The van der Waals surface area contributed by atoms with Gasteiger partial charge in [0, 0.05) is 22.9 Å². The molecule has 0 aromatic heterocycles. The fourth-order valence-electron chi connectivity index (χ4n) is 2.52. The minimum absolute atomic E-state index is 0.0159. The summed E-state index contributed by atoms with van der Waals surface area (Å²) in [5.41, 5.74) is 1.02. The minimum atomic E-state index is -0.588. The summed E-state index contributed by atoms with van der Waals surface area (Å²) in [7, 11) is 0. The molecular weight excluding hydrogens is 322 g/mol. The predicted molar refractivity (Wildman–Crippen MR) is 92.7 cm³/mol. The van der Waals surface area contributed by atoms with Gasteiger partial charge in [-0.2, -0.15) is 0 Å². The van der Waals surface area contributed by atoms with Crippen molar-refractivity contribution in [3.8, 4) is 0 Å². The Kier molecular flexibility index (Phi) is 4.47. The minimum Gasteiger partial charge on any atom is -0.349 e. The number of nitrogens with zero attached hydrogens (tertiary/aromatic N) is 1. The van der Waals surface area contributed by atoms with E-state index in [1.54, 1.807) is 43.3 Å². The lowest BCUT2D eigenvalue weighted by atomic mass is 10.1. The van der Waals surface area contributed by atoms with E-state index in [-0.39, 0.29) is 23.2 Å². The molecule has 1 aliphatic rings. The van der Waals surface area contributed by atoms with E-state index in [0.29, 0.717) is 16.8 Å². The van der Waals surface area contributed by atoms with E-state index in [9.17, 15) is 19.7 Å². The summed E-state index contributed by atoms with van der Waals surface area (Å²) < 4.78 is 0. The fourth-order valence-corrected chi connectivity index (χ4v) is 2.52. The summed E-state index contributed by atoms with van der Waals surface area (Å²) in [4.78, 5) is 35.2. The summed E-state index contributed by atoms with van der Waals surface area (Å²) in [5, 5.41) is 16.7. The van der Waals surface area contributed by atoms with Crippen LogP contribution in [0, 0.1) is 17.0 Å². The first-order valence-electron chi connectivity index (χ1n) is 7.92. The van der Waals surface area contributed by atoms with Gasteiger partial charge < -0.3 is 10.6 Å². The van der Waals surface area contributed by atoms with Gasteiger partial charge in [-0.15, -0.1) is 0 Å². The van der Waals surface area contributed by atoms with Crippen molar-refractivity contribution in [2.75, 3.05) is 5.32 Å². The molecule has 2 N–H and O–H groups in total. The zero-order chi connectivity index (χ0) is 18.0. The second-order valence-electron chi connectivity index (χ2n) is 6.01. The molecule has 1 saturated carbocycles. The number of hydrogen-bond acceptors (Lipinski definition) is 4. The molecule has 3 rings (SSSR count). The van der Waals surface area contributed by atoms with Crippen molar-refractivity contribution in [1.29, 1.82) is 0 Å². The number of amides is 2. The predicted octanol–water partition coefficient (Wildman–Crippen LogP) is 3.05. The number of nitro benzene ring substituents is 1. The Morgan fingerprint density at radius 2 is 1.84 bits per heavy atom. The highest BCUT2D eigenvalue weighted by Crippen LogP contribution is 2.24. The van der Waals surface area contributed by atoms with Crippen molar-refractivity contribution in [2.45, 2.75) is 25.8 Å². The molecule has 0 aliphatic heterocycles. The number of carbonyl (C=O) groups is 2. The van der Waals surface area contributed by atoms with Gasteiger partial charge in [0.1, 0.15) is 5.56 Å². The Bertz CT molecular complexity index is 859. The molecule has 1 fully saturated rings. The van der Waals surface area contributed by atoms with Crippen LogP contribution in [0.25, 0.3) is 0 Å². The number of hydrogen-bond donors (Lipinski definition) is 2. The Morgan fingerprint density at radius 3 is 2.52 bits per heavy atom. The molecule has 1 aliphatic carbocycles. The lowest BCUT2D eigenvalue weighted by Gasteiger charge is -2.09. The number of benzene rings is 2. The lowest BCUT2D eigenvalue weighted by molar-refractivity contribution is -0.385. The van der Waals surface area contributed by atoms with Gasteiger partial charge in [-0.05, 0) is 44.0 Å². The van der Waals surface area contributed by atoms with E-state index in [4.69, 9.17) is 0 Å². The largest absolute Gasteiger partial charge is 0.349 e. The maximum Gasteiger partial charge on any atom is 0.285 e. The SMILES string of the molecule is Cc1cccc(C(=O)Nc2cccc(C(=O)NC3CC3)c2)c1[N+](=O)[O-]. The van der Waals surface area contributed by atoms with Crippen LogP contribution < -0.4 is 10.6 Å². The van der Waals surface area contributed by atoms with Crippen molar-refractivity contribution < 1.29 is 14.5 Å². The molecular formula is C18H17N3O4. The van der Waals surface area contributed by atoms with Crippen molar-refractivity contribution in [3.63, 3.8) is 0 Å². The van der Waals surface area contributed by atoms with Crippen molar-refractivity contribution in [3.05, 3.63) is 69.3 Å². The first-order valence-corrected chi connectivity index (χ1v) is 7.92. The van der Waals surface area contributed by atoms with Gasteiger partial charge in [0.25, 0.3) is 17.5 Å². The summed E-state index contributed by atoms with van der Waals surface area (Å²) >= 11 is 0. The number of para-hydroxylation sites is 1. The standard InChI is InChI=1S/C18H17N3O4/c1-11-4-2-7-15(16(11)21(24)25)18(23)20-14-6-3-5-12(10-14)17(22)19-13-8-9-13/h2-7,10,13H,8-9H2,1H3,(H,19,22)(H,20,23). The summed E-state index contributed by atoms with van der Waals surface area (Å²) in [6.07, 6.45) is 1.97. The van der Waals surface area contributed by atoms with E-state index < -0.39 is 10.8 Å². The smallest absolute Gasteiger partial charge is 0.285 e.